The number of hydrogen-bond donors (Lipinski definition) is 1. The van der Waals surface area contributed by atoms with Crippen LogP contribution in [0.1, 0.15) is 46.5 Å². The maximum absolute atomic E-state index is 4.55. The Kier molecular flexibility index (Phi) is 7.82. The Balaban J connectivity index is 1.74. The quantitative estimate of drug-likeness (QED) is 0.594. The van der Waals surface area contributed by atoms with Gasteiger partial charge in [0, 0.05) is 59.4 Å². The van der Waals surface area contributed by atoms with Gasteiger partial charge in [0.1, 0.15) is 0 Å². The number of hydrogen-bond acceptors (Lipinski definition) is 3. The number of piperidine rings is 1. The summed E-state index contributed by atoms with van der Waals surface area (Å²) >= 11 is 0. The van der Waals surface area contributed by atoms with E-state index < -0.39 is 0 Å². The second kappa shape index (κ2) is 9.62. The van der Waals surface area contributed by atoms with Gasteiger partial charge in [-0.1, -0.05) is 27.2 Å². The largest absolute Gasteiger partial charge is 0.355 e. The summed E-state index contributed by atoms with van der Waals surface area (Å²) in [7, 11) is 1.92. The Morgan fingerprint density at radius 1 is 1.08 bits per heavy atom. The standard InChI is InChI=1S/C19H39N5/c1-5-8-19(3)9-7-11-24(17-19)18(20-4)21-10-12-23-15-13-22(6-2)14-16-23/h5-17H2,1-4H3,(H,20,21). The van der Waals surface area contributed by atoms with Gasteiger partial charge in [-0.05, 0) is 31.2 Å². The van der Waals surface area contributed by atoms with E-state index in [0.29, 0.717) is 5.41 Å². The molecule has 0 aromatic heterocycles. The predicted octanol–water partition coefficient (Wildman–Crippen LogP) is 2.10. The zero-order valence-corrected chi connectivity index (χ0v) is 16.5. The summed E-state index contributed by atoms with van der Waals surface area (Å²) in [6, 6.07) is 0. The van der Waals surface area contributed by atoms with Crippen LogP contribution in [0.4, 0.5) is 0 Å². The molecule has 1 N–H and O–H groups in total. The third-order valence-electron chi connectivity index (χ3n) is 5.77. The van der Waals surface area contributed by atoms with Crippen LogP contribution in [0.2, 0.25) is 0 Å². The van der Waals surface area contributed by atoms with Crippen molar-refractivity contribution < 1.29 is 0 Å². The lowest BCUT2D eigenvalue weighted by atomic mass is 9.78. The van der Waals surface area contributed by atoms with Gasteiger partial charge in [0.25, 0.3) is 0 Å². The summed E-state index contributed by atoms with van der Waals surface area (Å²) in [6.07, 6.45) is 5.24. The molecular weight excluding hydrogens is 298 g/mol. The molecule has 24 heavy (non-hydrogen) atoms. The van der Waals surface area contributed by atoms with Gasteiger partial charge in [-0.2, -0.15) is 0 Å². The van der Waals surface area contributed by atoms with Gasteiger partial charge >= 0.3 is 0 Å². The lowest BCUT2D eigenvalue weighted by Crippen LogP contribution is -2.52. The van der Waals surface area contributed by atoms with Crippen molar-refractivity contribution in [2.45, 2.75) is 46.5 Å². The molecule has 0 aromatic carbocycles. The zero-order valence-electron chi connectivity index (χ0n) is 16.5. The van der Waals surface area contributed by atoms with E-state index in [0.717, 1.165) is 32.1 Å². The lowest BCUT2D eigenvalue weighted by Gasteiger charge is -2.42. The number of piperazine rings is 1. The van der Waals surface area contributed by atoms with Crippen LogP contribution in [0.25, 0.3) is 0 Å². The molecule has 1 atom stereocenters. The molecule has 1 unspecified atom stereocenters. The summed E-state index contributed by atoms with van der Waals surface area (Å²) in [5, 5.41) is 3.61. The Morgan fingerprint density at radius 3 is 2.42 bits per heavy atom. The topological polar surface area (TPSA) is 34.1 Å². The minimum absolute atomic E-state index is 0.459. The molecule has 5 heteroatoms. The fourth-order valence-corrected chi connectivity index (χ4v) is 4.29. The van der Waals surface area contributed by atoms with E-state index in [1.165, 1.54) is 58.4 Å². The van der Waals surface area contributed by atoms with Gasteiger partial charge in [0.15, 0.2) is 5.96 Å². The highest BCUT2D eigenvalue weighted by Crippen LogP contribution is 2.33. The average molecular weight is 338 g/mol. The van der Waals surface area contributed by atoms with E-state index in [9.17, 15) is 0 Å². The molecule has 0 saturated carbocycles. The van der Waals surface area contributed by atoms with Gasteiger partial charge in [-0.15, -0.1) is 0 Å². The Hall–Kier alpha value is -0.810. The van der Waals surface area contributed by atoms with E-state index in [1.54, 1.807) is 0 Å². The SMILES string of the molecule is CCCC1(C)CCCN(C(=NC)NCCN2CCN(CC)CC2)C1. The second-order valence-corrected chi connectivity index (χ2v) is 7.84. The van der Waals surface area contributed by atoms with Crippen LogP contribution >= 0.6 is 0 Å². The highest BCUT2D eigenvalue weighted by molar-refractivity contribution is 5.80. The molecule has 2 saturated heterocycles. The minimum Gasteiger partial charge on any atom is -0.355 e. The molecule has 2 rings (SSSR count). The number of likely N-dealkylation sites (tertiary alicyclic amines) is 1. The molecule has 0 aromatic rings. The van der Waals surface area contributed by atoms with Crippen molar-refractivity contribution in [3.63, 3.8) is 0 Å². The number of nitrogens with zero attached hydrogens (tertiary/aromatic N) is 4. The molecule has 0 bridgehead atoms. The summed E-state index contributed by atoms with van der Waals surface area (Å²) in [5.41, 5.74) is 0.459. The fraction of sp³-hybridized carbons (Fsp3) is 0.947. The van der Waals surface area contributed by atoms with Crippen LogP contribution in [-0.4, -0.2) is 86.6 Å². The minimum atomic E-state index is 0.459. The average Bonchev–Trinajstić information content (AvgIpc) is 2.59. The number of guanidine groups is 1. The van der Waals surface area contributed by atoms with Crippen LogP contribution in [-0.2, 0) is 0 Å². The van der Waals surface area contributed by atoms with E-state index in [2.05, 4.69) is 45.8 Å². The molecule has 2 aliphatic heterocycles. The van der Waals surface area contributed by atoms with Gasteiger partial charge in [0.05, 0.1) is 0 Å². The Morgan fingerprint density at radius 2 is 1.79 bits per heavy atom. The molecule has 5 nitrogen and oxygen atoms in total. The fourth-order valence-electron chi connectivity index (χ4n) is 4.29. The first-order valence-electron chi connectivity index (χ1n) is 10.0. The van der Waals surface area contributed by atoms with E-state index in [-0.39, 0.29) is 0 Å². The highest BCUT2D eigenvalue weighted by atomic mass is 15.3. The summed E-state index contributed by atoms with van der Waals surface area (Å²) in [6.45, 7) is 17.4. The Labute approximate surface area is 149 Å². The van der Waals surface area contributed by atoms with Gasteiger partial charge < -0.3 is 15.1 Å². The molecule has 0 spiro atoms. The van der Waals surface area contributed by atoms with E-state index in [4.69, 9.17) is 0 Å². The van der Waals surface area contributed by atoms with Crippen molar-refractivity contribution >= 4 is 5.96 Å². The maximum Gasteiger partial charge on any atom is 0.193 e. The third kappa shape index (κ3) is 5.62. The molecule has 0 aliphatic carbocycles. The first kappa shape index (κ1) is 19.5. The number of rotatable bonds is 6. The van der Waals surface area contributed by atoms with Crippen molar-refractivity contribution in [3.8, 4) is 0 Å². The third-order valence-corrected chi connectivity index (χ3v) is 5.77. The smallest absolute Gasteiger partial charge is 0.193 e. The number of likely N-dealkylation sites (N-methyl/N-ethyl adjacent to an activating group) is 1. The van der Waals surface area contributed by atoms with Gasteiger partial charge in [0.2, 0.25) is 0 Å². The molecule has 2 aliphatic rings. The van der Waals surface area contributed by atoms with Crippen molar-refractivity contribution in [2.75, 3.05) is 66.0 Å². The summed E-state index contributed by atoms with van der Waals surface area (Å²) < 4.78 is 0. The van der Waals surface area contributed by atoms with E-state index in [1.807, 2.05) is 7.05 Å². The van der Waals surface area contributed by atoms with Crippen molar-refractivity contribution in [1.29, 1.82) is 0 Å². The molecule has 2 fully saturated rings. The van der Waals surface area contributed by atoms with Gasteiger partial charge in [-0.3, -0.25) is 9.89 Å². The monoisotopic (exact) mass is 337 g/mol. The Bertz CT molecular complexity index is 385. The van der Waals surface area contributed by atoms with Crippen molar-refractivity contribution in [2.24, 2.45) is 10.4 Å². The molecule has 140 valence electrons. The first-order chi connectivity index (χ1) is 11.6. The van der Waals surface area contributed by atoms with Gasteiger partial charge in [-0.25, -0.2) is 0 Å². The van der Waals surface area contributed by atoms with Crippen molar-refractivity contribution in [3.05, 3.63) is 0 Å². The highest BCUT2D eigenvalue weighted by Gasteiger charge is 2.31. The molecule has 2 heterocycles. The molecule has 0 amide bonds. The molecule has 0 radical (unpaired) electrons. The normalized spacial score (nSPS) is 27.5. The van der Waals surface area contributed by atoms with Crippen LogP contribution < -0.4 is 5.32 Å². The summed E-state index contributed by atoms with van der Waals surface area (Å²) in [4.78, 5) is 12.1. The zero-order chi connectivity index (χ0) is 17.4. The summed E-state index contributed by atoms with van der Waals surface area (Å²) in [5.74, 6) is 1.10. The van der Waals surface area contributed by atoms with Crippen LogP contribution in [0, 0.1) is 5.41 Å². The predicted molar refractivity (Wildman–Crippen MR) is 104 cm³/mol. The maximum atomic E-state index is 4.55. The van der Waals surface area contributed by atoms with Crippen molar-refractivity contribution in [1.82, 2.24) is 20.0 Å². The van der Waals surface area contributed by atoms with E-state index >= 15 is 0 Å². The van der Waals surface area contributed by atoms with Crippen LogP contribution in [0.15, 0.2) is 4.99 Å². The van der Waals surface area contributed by atoms with Crippen LogP contribution in [0.5, 0.6) is 0 Å². The second-order valence-electron chi connectivity index (χ2n) is 7.84. The number of aliphatic imine (C=N–C) groups is 1. The molecular formula is C19H39N5. The first-order valence-corrected chi connectivity index (χ1v) is 10.0. The van der Waals surface area contributed by atoms with Crippen LogP contribution in [0.3, 0.4) is 0 Å². The number of nitrogens with one attached hydrogen (secondary N) is 1. The lowest BCUT2D eigenvalue weighted by molar-refractivity contribution is 0.135.